The second-order valence-corrected chi connectivity index (χ2v) is 13.4. The zero-order valence-electron chi connectivity index (χ0n) is 27.2. The first kappa shape index (κ1) is 28.5. The van der Waals surface area contributed by atoms with Gasteiger partial charge in [0.05, 0.1) is 34.5 Å². The molecule has 0 saturated heterocycles. The summed E-state index contributed by atoms with van der Waals surface area (Å²) in [4.78, 5) is 0. The Morgan fingerprint density at radius 3 is 2.30 bits per heavy atom. The first-order valence-electron chi connectivity index (χ1n) is 17.2. The Morgan fingerprint density at radius 1 is 0.740 bits per heavy atom. The van der Waals surface area contributed by atoms with Crippen molar-refractivity contribution in [2.45, 2.75) is 31.7 Å². The van der Waals surface area contributed by atoms with E-state index in [-0.39, 0.29) is 5.92 Å². The first-order valence-corrected chi connectivity index (χ1v) is 17.2. The van der Waals surface area contributed by atoms with Crippen molar-refractivity contribution in [1.82, 2.24) is 9.13 Å². The van der Waals surface area contributed by atoms with Gasteiger partial charge in [0.2, 0.25) is 0 Å². The van der Waals surface area contributed by atoms with Crippen molar-refractivity contribution in [3.8, 4) is 34.7 Å². The second kappa shape index (κ2) is 11.0. The van der Waals surface area contributed by atoms with Crippen molar-refractivity contribution >= 4 is 34.0 Å². The molecule has 10 rings (SSSR count). The fourth-order valence-electron chi connectivity index (χ4n) is 8.60. The van der Waals surface area contributed by atoms with Crippen LogP contribution in [0.2, 0.25) is 0 Å². The molecule has 0 radical (unpaired) electrons. The van der Waals surface area contributed by atoms with Crippen LogP contribution in [0.4, 0.5) is 0 Å². The summed E-state index contributed by atoms with van der Waals surface area (Å²) in [5, 5.41) is 23.5. The summed E-state index contributed by atoms with van der Waals surface area (Å²) in [6, 6.07) is 42.3. The van der Waals surface area contributed by atoms with Gasteiger partial charge in [0.15, 0.2) is 0 Å². The predicted octanol–water partition coefficient (Wildman–Crippen LogP) is 10.1. The van der Waals surface area contributed by atoms with Crippen LogP contribution in [0.1, 0.15) is 57.1 Å². The predicted molar refractivity (Wildman–Crippen MR) is 198 cm³/mol. The van der Waals surface area contributed by atoms with Gasteiger partial charge in [0.1, 0.15) is 17.6 Å². The lowest BCUT2D eigenvalue weighted by Crippen LogP contribution is -2.12. The van der Waals surface area contributed by atoms with Gasteiger partial charge in [0, 0.05) is 51.2 Å². The molecule has 2 aliphatic carbocycles. The van der Waals surface area contributed by atoms with Crippen LogP contribution >= 0.6 is 0 Å². The smallest absolute Gasteiger partial charge is 0.130 e. The van der Waals surface area contributed by atoms with Crippen LogP contribution in [-0.4, -0.2) is 9.13 Å². The summed E-state index contributed by atoms with van der Waals surface area (Å²) in [5.74, 6) is 2.11. The molecule has 5 aromatic carbocycles. The molecule has 1 aliphatic heterocycles. The van der Waals surface area contributed by atoms with Crippen LogP contribution in [-0.2, 0) is 19.4 Å². The van der Waals surface area contributed by atoms with E-state index >= 15 is 0 Å². The highest BCUT2D eigenvalue weighted by atomic mass is 16.5. The van der Waals surface area contributed by atoms with E-state index in [2.05, 4.69) is 118 Å². The summed E-state index contributed by atoms with van der Waals surface area (Å²) in [5.41, 5.74) is 13.2. The third-order valence-electron chi connectivity index (χ3n) is 10.8. The fraction of sp³-hybridized carbons (Fsp3) is 0.111. The van der Waals surface area contributed by atoms with Gasteiger partial charge in [0.25, 0.3) is 0 Å². The number of aromatic nitrogens is 2. The Bertz CT molecular complexity index is 2670. The number of para-hydroxylation sites is 3. The lowest BCUT2D eigenvalue weighted by Gasteiger charge is -2.20. The number of benzene rings is 5. The summed E-state index contributed by atoms with van der Waals surface area (Å²) in [7, 11) is 0. The van der Waals surface area contributed by atoms with Crippen molar-refractivity contribution in [2.24, 2.45) is 0 Å². The maximum Gasteiger partial charge on any atom is 0.130 e. The molecule has 0 N–H and O–H groups in total. The fourth-order valence-corrected chi connectivity index (χ4v) is 8.60. The lowest BCUT2D eigenvalue weighted by molar-refractivity contribution is 0.428. The largest absolute Gasteiger partial charge is 0.461 e. The maximum absolute atomic E-state index is 10.7. The van der Waals surface area contributed by atoms with Crippen molar-refractivity contribution in [3.63, 3.8) is 0 Å². The highest BCUT2D eigenvalue weighted by Gasteiger charge is 2.37. The van der Waals surface area contributed by atoms with E-state index in [4.69, 9.17) is 4.74 Å². The zero-order chi connectivity index (χ0) is 33.3. The van der Waals surface area contributed by atoms with Crippen LogP contribution < -0.4 is 4.74 Å². The number of nitriles is 2. The highest BCUT2D eigenvalue weighted by Crippen LogP contribution is 2.49. The van der Waals surface area contributed by atoms with Crippen molar-refractivity contribution in [3.05, 3.63) is 166 Å². The number of rotatable bonds is 4. The van der Waals surface area contributed by atoms with Crippen molar-refractivity contribution < 1.29 is 4.74 Å². The SMILES string of the molecule is N#Cc1cc(-c2c(C#N)cccc2Cn2c3ccccc3c3ccccc32)ccc1-n1c2c(c3c1C=C1Oc4ccccc4C1C3)CCC=C2. The van der Waals surface area contributed by atoms with E-state index < -0.39 is 0 Å². The summed E-state index contributed by atoms with van der Waals surface area (Å²) < 4.78 is 11.0. The van der Waals surface area contributed by atoms with E-state index in [1.807, 2.05) is 30.3 Å². The first-order chi connectivity index (χ1) is 24.7. The van der Waals surface area contributed by atoms with Gasteiger partial charge in [-0.2, -0.15) is 10.5 Å². The number of ether oxygens (including phenoxy) is 1. The van der Waals surface area contributed by atoms with Gasteiger partial charge in [-0.15, -0.1) is 0 Å². The molecule has 7 aromatic rings. The summed E-state index contributed by atoms with van der Waals surface area (Å²) in [6.07, 6.45) is 9.49. The van der Waals surface area contributed by atoms with E-state index in [1.54, 1.807) is 0 Å². The molecule has 0 amide bonds. The molecule has 3 aliphatic rings. The molecule has 0 bridgehead atoms. The molecule has 1 atom stereocenters. The van der Waals surface area contributed by atoms with Gasteiger partial charge in [-0.25, -0.2) is 0 Å². The topological polar surface area (TPSA) is 66.7 Å². The molecule has 3 heterocycles. The van der Waals surface area contributed by atoms with E-state index in [9.17, 15) is 10.5 Å². The minimum atomic E-state index is 0.206. The molecule has 50 heavy (non-hydrogen) atoms. The average Bonchev–Trinajstić information content (AvgIpc) is 3.81. The quantitative estimate of drug-likeness (QED) is 0.192. The Morgan fingerprint density at radius 2 is 1.50 bits per heavy atom. The van der Waals surface area contributed by atoms with Crippen molar-refractivity contribution in [2.75, 3.05) is 0 Å². The number of hydrogen-bond acceptors (Lipinski definition) is 3. The normalized spacial score (nSPS) is 15.4. The monoisotopic (exact) mass is 642 g/mol. The van der Waals surface area contributed by atoms with Crippen molar-refractivity contribution in [1.29, 1.82) is 10.5 Å². The van der Waals surface area contributed by atoms with Crippen LogP contribution in [0.15, 0.2) is 121 Å². The van der Waals surface area contributed by atoms with Gasteiger partial charge >= 0.3 is 0 Å². The minimum absolute atomic E-state index is 0.206. The van der Waals surface area contributed by atoms with Gasteiger partial charge in [-0.3, -0.25) is 0 Å². The Labute approximate surface area is 289 Å². The molecule has 236 valence electrons. The molecule has 0 saturated carbocycles. The van der Waals surface area contributed by atoms with Gasteiger partial charge < -0.3 is 13.9 Å². The Kier molecular flexibility index (Phi) is 6.25. The number of nitrogens with zero attached hydrogens (tertiary/aromatic N) is 4. The van der Waals surface area contributed by atoms with E-state index in [1.165, 1.54) is 27.5 Å². The number of fused-ring (bicyclic) bond motifs is 9. The maximum atomic E-state index is 10.7. The molecule has 2 aromatic heterocycles. The van der Waals surface area contributed by atoms with Crippen LogP contribution in [0.25, 0.3) is 50.8 Å². The van der Waals surface area contributed by atoms with E-state index in [0.717, 1.165) is 75.6 Å². The Balaban J connectivity index is 1.12. The van der Waals surface area contributed by atoms with E-state index in [0.29, 0.717) is 17.7 Å². The minimum Gasteiger partial charge on any atom is -0.461 e. The van der Waals surface area contributed by atoms with Crippen LogP contribution in [0.3, 0.4) is 0 Å². The third-order valence-corrected chi connectivity index (χ3v) is 10.8. The average molecular weight is 643 g/mol. The van der Waals surface area contributed by atoms with Crippen LogP contribution in [0, 0.1) is 22.7 Å². The molecule has 0 fully saturated rings. The lowest BCUT2D eigenvalue weighted by atomic mass is 9.84. The molecule has 5 heteroatoms. The van der Waals surface area contributed by atoms with Gasteiger partial charge in [-0.1, -0.05) is 78.9 Å². The standard InChI is InChI=1S/C45H30N4O/c46-25-29-10-9-11-30(27-48-39-16-5-1-12-32(39)33-13-2-6-17-40(33)48)45(29)28-20-21-38(31(22-28)26-47)49-41-18-7-3-14-34(41)36-23-37-35-15-4-8-19-43(35)50-44(37)24-42(36)49/h1-2,4-13,15-22,24,37H,3,14,23,27H2. The molecular formula is C45H30N4O. The Hall–Kier alpha value is -6.56. The molecule has 5 nitrogen and oxygen atoms in total. The van der Waals surface area contributed by atoms with Gasteiger partial charge in [-0.05, 0) is 84.0 Å². The second-order valence-electron chi connectivity index (χ2n) is 13.4. The van der Waals surface area contributed by atoms with Crippen LogP contribution in [0.5, 0.6) is 5.75 Å². The number of hydrogen-bond donors (Lipinski definition) is 0. The molecule has 0 spiro atoms. The summed E-state index contributed by atoms with van der Waals surface area (Å²) in [6.45, 7) is 0.586. The molecular weight excluding hydrogens is 613 g/mol. The zero-order valence-corrected chi connectivity index (χ0v) is 27.2. The summed E-state index contributed by atoms with van der Waals surface area (Å²) >= 11 is 0. The number of allylic oxidation sites excluding steroid dienone is 2. The molecule has 1 unspecified atom stereocenters. The third kappa shape index (κ3) is 4.11. The highest BCUT2D eigenvalue weighted by molar-refractivity contribution is 6.08.